The molecule has 33 heavy (non-hydrogen) atoms. The average Bonchev–Trinajstić information content (AvgIpc) is 2.79. The number of rotatable bonds is 8. The molecule has 0 aliphatic carbocycles. The lowest BCUT2D eigenvalue weighted by atomic mass is 10.1. The fourth-order valence-corrected chi connectivity index (χ4v) is 2.94. The second-order valence-electron chi connectivity index (χ2n) is 7.01. The van der Waals surface area contributed by atoms with E-state index in [1.54, 1.807) is 31.4 Å². The minimum Gasteiger partial charge on any atom is -0.497 e. The van der Waals surface area contributed by atoms with Gasteiger partial charge in [-0.05, 0) is 54.1 Å². The number of carbonyl (C=O) groups excluding carboxylic acids is 2. The molecule has 0 aliphatic rings. The van der Waals surface area contributed by atoms with Gasteiger partial charge in [0, 0.05) is 16.9 Å². The van der Waals surface area contributed by atoms with Gasteiger partial charge in [0.25, 0.3) is 5.91 Å². The smallest absolute Gasteiger partial charge is 0.416 e. The van der Waals surface area contributed by atoms with Crippen molar-refractivity contribution in [2.24, 2.45) is 0 Å². The summed E-state index contributed by atoms with van der Waals surface area (Å²) < 4.78 is 49.1. The zero-order valence-electron chi connectivity index (χ0n) is 17.6. The molecule has 0 spiro atoms. The SMILES string of the molecule is COc1cccc(COCC(=O)Nc2cccc(C(=O)Nc3cccc(C(F)(F)F)c3)c2)c1. The van der Waals surface area contributed by atoms with Gasteiger partial charge in [-0.25, -0.2) is 0 Å². The Bertz CT molecular complexity index is 1130. The zero-order valence-corrected chi connectivity index (χ0v) is 17.6. The molecular weight excluding hydrogens is 437 g/mol. The molecule has 0 atom stereocenters. The summed E-state index contributed by atoms with van der Waals surface area (Å²) in [4.78, 5) is 24.6. The highest BCUT2D eigenvalue weighted by molar-refractivity contribution is 6.05. The molecule has 3 aromatic carbocycles. The van der Waals surface area contributed by atoms with Gasteiger partial charge >= 0.3 is 6.18 Å². The summed E-state index contributed by atoms with van der Waals surface area (Å²) in [5.74, 6) is -0.353. The first-order valence-electron chi connectivity index (χ1n) is 9.84. The monoisotopic (exact) mass is 458 g/mol. The lowest BCUT2D eigenvalue weighted by Crippen LogP contribution is -2.19. The Morgan fingerprint density at radius 2 is 1.58 bits per heavy atom. The van der Waals surface area contributed by atoms with Gasteiger partial charge in [-0.3, -0.25) is 9.59 Å². The summed E-state index contributed by atoms with van der Waals surface area (Å²) >= 11 is 0. The van der Waals surface area contributed by atoms with Crippen molar-refractivity contribution in [2.75, 3.05) is 24.4 Å². The van der Waals surface area contributed by atoms with Crippen LogP contribution in [0.2, 0.25) is 0 Å². The lowest BCUT2D eigenvalue weighted by molar-refractivity contribution is -0.137. The predicted molar refractivity (Wildman–Crippen MR) is 117 cm³/mol. The highest BCUT2D eigenvalue weighted by atomic mass is 19.4. The maximum absolute atomic E-state index is 12.9. The molecule has 2 N–H and O–H groups in total. The van der Waals surface area contributed by atoms with Gasteiger partial charge in [0.05, 0.1) is 19.3 Å². The second-order valence-corrected chi connectivity index (χ2v) is 7.01. The molecule has 0 radical (unpaired) electrons. The Hall–Kier alpha value is -3.85. The van der Waals surface area contributed by atoms with Crippen molar-refractivity contribution in [1.82, 2.24) is 0 Å². The molecule has 0 unspecified atom stereocenters. The Labute approximate surface area is 188 Å². The first-order chi connectivity index (χ1) is 15.7. The summed E-state index contributed by atoms with van der Waals surface area (Å²) in [6.45, 7) is 0.00191. The number of methoxy groups -OCH3 is 1. The largest absolute Gasteiger partial charge is 0.497 e. The van der Waals surface area contributed by atoms with Gasteiger partial charge in [0.2, 0.25) is 5.91 Å². The first kappa shape index (κ1) is 23.8. The predicted octanol–water partition coefficient (Wildman–Crippen LogP) is 5.12. The van der Waals surface area contributed by atoms with Gasteiger partial charge in [-0.15, -0.1) is 0 Å². The van der Waals surface area contributed by atoms with Crippen LogP contribution >= 0.6 is 0 Å². The van der Waals surface area contributed by atoms with Gasteiger partial charge in [-0.2, -0.15) is 13.2 Å². The molecule has 172 valence electrons. The van der Waals surface area contributed by atoms with Crippen LogP contribution in [0.5, 0.6) is 5.75 Å². The normalized spacial score (nSPS) is 11.0. The van der Waals surface area contributed by atoms with Crippen molar-refractivity contribution in [1.29, 1.82) is 0 Å². The van der Waals surface area contributed by atoms with Crippen molar-refractivity contribution in [2.45, 2.75) is 12.8 Å². The van der Waals surface area contributed by atoms with Crippen LogP contribution in [0.25, 0.3) is 0 Å². The van der Waals surface area contributed by atoms with Crippen molar-refractivity contribution in [3.63, 3.8) is 0 Å². The van der Waals surface area contributed by atoms with E-state index in [4.69, 9.17) is 9.47 Å². The number of nitrogens with one attached hydrogen (secondary N) is 2. The van der Waals surface area contributed by atoms with Crippen molar-refractivity contribution >= 4 is 23.2 Å². The standard InChI is InChI=1S/C24H21F3N2O4/c1-32-21-10-2-5-16(11-21)14-33-15-22(30)28-19-8-3-6-17(12-19)23(31)29-20-9-4-7-18(13-20)24(25,26)27/h2-13H,14-15H2,1H3,(H,28,30)(H,29,31). The fourth-order valence-electron chi connectivity index (χ4n) is 2.94. The molecular formula is C24H21F3N2O4. The molecule has 0 aliphatic heterocycles. The third-order valence-corrected chi connectivity index (χ3v) is 4.49. The van der Waals surface area contributed by atoms with Gasteiger partial charge in [0.15, 0.2) is 0 Å². The summed E-state index contributed by atoms with van der Waals surface area (Å²) in [6.07, 6.45) is -4.51. The summed E-state index contributed by atoms with van der Waals surface area (Å²) in [5.41, 5.74) is 0.505. The van der Waals surface area contributed by atoms with E-state index in [1.165, 1.54) is 24.3 Å². The number of amides is 2. The molecule has 3 aromatic rings. The minimum absolute atomic E-state index is 0.00945. The van der Waals surface area contributed by atoms with Crippen LogP contribution in [0.4, 0.5) is 24.5 Å². The number of anilines is 2. The van der Waals surface area contributed by atoms with Crippen LogP contribution in [0.1, 0.15) is 21.5 Å². The molecule has 3 rings (SSSR count). The summed E-state index contributed by atoms with van der Waals surface area (Å²) in [5, 5.41) is 5.05. The van der Waals surface area contributed by atoms with Crippen LogP contribution < -0.4 is 15.4 Å². The number of ether oxygens (including phenoxy) is 2. The van der Waals surface area contributed by atoms with E-state index in [-0.39, 0.29) is 24.5 Å². The van der Waals surface area contributed by atoms with Crippen molar-refractivity contribution in [3.05, 3.63) is 89.5 Å². The third kappa shape index (κ3) is 7.08. The van der Waals surface area contributed by atoms with Crippen LogP contribution in [-0.2, 0) is 22.3 Å². The Balaban J connectivity index is 1.55. The molecule has 0 fully saturated rings. The molecule has 0 saturated heterocycles. The number of alkyl halides is 3. The summed E-state index contributed by atoms with van der Waals surface area (Å²) in [7, 11) is 1.56. The molecule has 6 nitrogen and oxygen atoms in total. The highest BCUT2D eigenvalue weighted by Crippen LogP contribution is 2.30. The fraction of sp³-hybridized carbons (Fsp3) is 0.167. The number of benzene rings is 3. The van der Waals surface area contributed by atoms with E-state index in [0.717, 1.165) is 17.7 Å². The van der Waals surface area contributed by atoms with Crippen molar-refractivity contribution < 1.29 is 32.2 Å². The van der Waals surface area contributed by atoms with Crippen LogP contribution in [0.3, 0.4) is 0 Å². The Kier molecular flexibility index (Phi) is 7.68. The molecule has 9 heteroatoms. The average molecular weight is 458 g/mol. The first-order valence-corrected chi connectivity index (χ1v) is 9.84. The maximum Gasteiger partial charge on any atom is 0.416 e. The number of halogens is 3. The van der Waals surface area contributed by atoms with Crippen LogP contribution in [-0.4, -0.2) is 25.5 Å². The van der Waals surface area contributed by atoms with Gasteiger partial charge < -0.3 is 20.1 Å². The number of hydrogen-bond acceptors (Lipinski definition) is 4. The van der Waals surface area contributed by atoms with E-state index in [9.17, 15) is 22.8 Å². The van der Waals surface area contributed by atoms with Gasteiger partial charge in [-0.1, -0.05) is 24.3 Å². The van der Waals surface area contributed by atoms with Crippen LogP contribution in [0.15, 0.2) is 72.8 Å². The number of carbonyl (C=O) groups is 2. The Morgan fingerprint density at radius 3 is 2.30 bits per heavy atom. The van der Waals surface area contributed by atoms with E-state index < -0.39 is 23.6 Å². The summed E-state index contributed by atoms with van der Waals surface area (Å²) in [6, 6.07) is 17.6. The van der Waals surface area contributed by atoms with E-state index in [0.29, 0.717) is 11.4 Å². The van der Waals surface area contributed by atoms with Crippen molar-refractivity contribution in [3.8, 4) is 5.75 Å². The Morgan fingerprint density at radius 1 is 0.879 bits per heavy atom. The molecule has 2 amide bonds. The lowest BCUT2D eigenvalue weighted by Gasteiger charge is -2.11. The second kappa shape index (κ2) is 10.6. The molecule has 0 saturated carbocycles. The quantitative estimate of drug-likeness (QED) is 0.491. The van der Waals surface area contributed by atoms with Crippen LogP contribution in [0, 0.1) is 0 Å². The van der Waals surface area contributed by atoms with E-state index >= 15 is 0 Å². The minimum atomic E-state index is -4.51. The zero-order chi connectivity index (χ0) is 23.8. The maximum atomic E-state index is 12.9. The molecule has 0 aromatic heterocycles. The topological polar surface area (TPSA) is 76.7 Å². The molecule has 0 heterocycles. The number of hydrogen-bond donors (Lipinski definition) is 2. The third-order valence-electron chi connectivity index (χ3n) is 4.49. The van der Waals surface area contributed by atoms with Gasteiger partial charge in [0.1, 0.15) is 12.4 Å². The van der Waals surface area contributed by atoms with E-state index in [2.05, 4.69) is 10.6 Å². The molecule has 0 bridgehead atoms. The highest BCUT2D eigenvalue weighted by Gasteiger charge is 2.30. The van der Waals surface area contributed by atoms with E-state index in [1.807, 2.05) is 12.1 Å².